The van der Waals surface area contributed by atoms with Gasteiger partial charge >= 0.3 is 5.97 Å². The third-order valence-corrected chi connectivity index (χ3v) is 8.23. The van der Waals surface area contributed by atoms with Gasteiger partial charge in [0.15, 0.2) is 5.11 Å². The quantitative estimate of drug-likeness (QED) is 0.249. The molecule has 0 radical (unpaired) electrons. The lowest BCUT2D eigenvalue weighted by Crippen LogP contribution is -2.36. The van der Waals surface area contributed by atoms with E-state index in [2.05, 4.69) is 63.9 Å². The van der Waals surface area contributed by atoms with Gasteiger partial charge in [-0.05, 0) is 92.3 Å². The third-order valence-electron chi connectivity index (χ3n) is 7.92. The van der Waals surface area contributed by atoms with Gasteiger partial charge in [0.25, 0.3) is 0 Å². The number of hydrogen-bond donors (Lipinski definition) is 1. The Morgan fingerprint density at radius 2 is 1.73 bits per heavy atom. The van der Waals surface area contributed by atoms with Gasteiger partial charge in [-0.25, -0.2) is 4.79 Å². The van der Waals surface area contributed by atoms with Crippen molar-refractivity contribution in [2.75, 3.05) is 43.2 Å². The number of pyridine rings is 1. The van der Waals surface area contributed by atoms with Crippen LogP contribution in [-0.2, 0) is 9.47 Å². The minimum atomic E-state index is -0.359. The first-order valence-corrected chi connectivity index (χ1v) is 14.2. The first-order chi connectivity index (χ1) is 20.0. The maximum absolute atomic E-state index is 12.3. The van der Waals surface area contributed by atoms with Crippen LogP contribution in [0.25, 0.3) is 5.69 Å². The molecule has 0 unspecified atom stereocenters. The summed E-state index contributed by atoms with van der Waals surface area (Å²) in [4.78, 5) is 21.5. The molecule has 2 aromatic heterocycles. The first kappa shape index (κ1) is 27.0. The highest BCUT2D eigenvalue weighted by Gasteiger charge is 2.42. The number of aryl methyl sites for hydroxylation is 1. The normalized spacial score (nSPS) is 18.9. The Balaban J connectivity index is 1.43. The summed E-state index contributed by atoms with van der Waals surface area (Å²) in [5.41, 5.74) is 7.78. The highest BCUT2D eigenvalue weighted by atomic mass is 32.1. The van der Waals surface area contributed by atoms with Gasteiger partial charge < -0.3 is 29.2 Å². The summed E-state index contributed by atoms with van der Waals surface area (Å²) < 4.78 is 12.7. The number of anilines is 2. The number of carbonyl (C=O) groups is 1. The smallest absolute Gasteiger partial charge is 0.337 e. The predicted octanol–water partition coefficient (Wildman–Crippen LogP) is 5.29. The predicted molar refractivity (Wildman–Crippen MR) is 164 cm³/mol. The highest BCUT2D eigenvalue weighted by molar-refractivity contribution is 7.80. The second kappa shape index (κ2) is 11.3. The van der Waals surface area contributed by atoms with Crippen LogP contribution < -0.4 is 15.1 Å². The van der Waals surface area contributed by atoms with Crippen molar-refractivity contribution in [3.8, 4) is 5.69 Å². The Morgan fingerprint density at radius 1 is 0.976 bits per heavy atom. The monoisotopic (exact) mass is 567 g/mol. The number of hydrogen-bond acceptors (Lipinski definition) is 6. The number of ether oxygens (including phenoxy) is 2. The van der Waals surface area contributed by atoms with Gasteiger partial charge in [-0.15, -0.1) is 0 Å². The van der Waals surface area contributed by atoms with Crippen molar-refractivity contribution in [2.45, 2.75) is 25.9 Å². The number of benzene rings is 2. The van der Waals surface area contributed by atoms with Crippen LogP contribution in [0.2, 0.25) is 0 Å². The van der Waals surface area contributed by atoms with Crippen LogP contribution in [0.15, 0.2) is 79.0 Å². The summed E-state index contributed by atoms with van der Waals surface area (Å²) in [5.74, 6) is -0.359. The molecule has 1 N–H and O–H groups in total. The van der Waals surface area contributed by atoms with E-state index in [9.17, 15) is 4.79 Å². The minimum absolute atomic E-state index is 0.143. The van der Waals surface area contributed by atoms with Crippen molar-refractivity contribution in [1.82, 2.24) is 14.9 Å². The fourth-order valence-corrected chi connectivity index (χ4v) is 6.31. The van der Waals surface area contributed by atoms with E-state index in [1.165, 1.54) is 12.8 Å². The van der Waals surface area contributed by atoms with E-state index in [0.717, 1.165) is 60.3 Å². The zero-order valence-electron chi connectivity index (χ0n) is 23.4. The largest absolute Gasteiger partial charge is 0.465 e. The fraction of sp³-hybridized carbons (Fsp3) is 0.281. The molecule has 9 heteroatoms. The first-order valence-electron chi connectivity index (χ1n) is 13.8. The lowest BCUT2D eigenvalue weighted by molar-refractivity contribution is 0.0600. The number of nitrogens with one attached hydrogen (secondary N) is 1. The van der Waals surface area contributed by atoms with Crippen molar-refractivity contribution >= 4 is 34.7 Å². The molecule has 41 heavy (non-hydrogen) atoms. The summed E-state index contributed by atoms with van der Waals surface area (Å²) in [5, 5.41) is 4.23. The number of nitrogens with zero attached hydrogens (tertiary/aromatic N) is 4. The topological polar surface area (TPSA) is 71.9 Å². The van der Waals surface area contributed by atoms with Crippen molar-refractivity contribution in [2.24, 2.45) is 0 Å². The van der Waals surface area contributed by atoms with Crippen LogP contribution in [0.4, 0.5) is 11.4 Å². The zero-order chi connectivity index (χ0) is 28.5. The fourth-order valence-electron chi connectivity index (χ4n) is 5.97. The standard InChI is InChI=1S/C32H33N5O3S/c1-21-19-27(22(2)36(21)26-8-6-7-23(20-26)31(38)39-3)30-29(28-9-4-5-14-33-28)34-32(41)37(30)25-12-10-24(11-13-25)35-15-17-40-18-16-35/h4-14,19-20,29-30H,15-18H2,1-3H3,(H,34,41)/t29-,30-/m0/s1. The number of morpholine rings is 1. The lowest BCUT2D eigenvalue weighted by Gasteiger charge is -2.31. The molecular formula is C32H33N5O3S. The molecule has 0 saturated carbocycles. The molecular weight excluding hydrogens is 534 g/mol. The SMILES string of the molecule is COC(=O)c1cccc(-n2c(C)cc([C@H]3[C@H](c4ccccn4)NC(=S)N3c3ccc(N4CCOCC4)cc3)c2C)c1. The Bertz CT molecular complexity index is 1560. The molecule has 2 aromatic carbocycles. The van der Waals surface area contributed by atoms with Crippen LogP contribution in [-0.4, -0.2) is 54.0 Å². The van der Waals surface area contributed by atoms with Crippen molar-refractivity contribution < 1.29 is 14.3 Å². The van der Waals surface area contributed by atoms with Gasteiger partial charge in [0, 0.05) is 47.7 Å². The van der Waals surface area contributed by atoms with Crippen molar-refractivity contribution in [3.05, 3.63) is 107 Å². The van der Waals surface area contributed by atoms with Gasteiger partial charge in [0.05, 0.1) is 43.7 Å². The molecule has 8 nitrogen and oxygen atoms in total. The number of carbonyl (C=O) groups excluding carboxylic acids is 1. The number of aromatic nitrogens is 2. The van der Waals surface area contributed by atoms with Gasteiger partial charge in [-0.3, -0.25) is 4.98 Å². The van der Waals surface area contributed by atoms with E-state index in [4.69, 9.17) is 26.7 Å². The third kappa shape index (κ3) is 5.07. The van der Waals surface area contributed by atoms with Gasteiger partial charge in [-0.2, -0.15) is 0 Å². The van der Waals surface area contributed by atoms with Crippen LogP contribution in [0.5, 0.6) is 0 Å². The van der Waals surface area contributed by atoms with E-state index in [1.54, 1.807) is 6.07 Å². The zero-order valence-corrected chi connectivity index (χ0v) is 24.2. The molecule has 6 rings (SSSR count). The number of esters is 1. The van der Waals surface area contributed by atoms with Crippen LogP contribution >= 0.6 is 12.2 Å². The average molecular weight is 568 g/mol. The summed E-state index contributed by atoms with van der Waals surface area (Å²) in [6, 6.07) is 24.0. The molecule has 2 saturated heterocycles. The summed E-state index contributed by atoms with van der Waals surface area (Å²) in [6.07, 6.45) is 1.82. The lowest BCUT2D eigenvalue weighted by atomic mass is 9.96. The summed E-state index contributed by atoms with van der Waals surface area (Å²) in [6.45, 7) is 7.46. The van der Waals surface area contributed by atoms with Gasteiger partial charge in [0.1, 0.15) is 0 Å². The number of thiocarbonyl (C=S) groups is 1. The summed E-state index contributed by atoms with van der Waals surface area (Å²) >= 11 is 5.97. The molecule has 0 amide bonds. The maximum atomic E-state index is 12.3. The molecule has 2 fully saturated rings. The molecule has 2 atom stereocenters. The van der Waals surface area contributed by atoms with Crippen molar-refractivity contribution in [1.29, 1.82) is 0 Å². The average Bonchev–Trinajstić information content (AvgIpc) is 3.52. The Hall–Kier alpha value is -4.21. The molecule has 0 bridgehead atoms. The second-order valence-corrected chi connectivity index (χ2v) is 10.7. The number of rotatable bonds is 6. The van der Waals surface area contributed by atoms with Crippen molar-refractivity contribution in [3.63, 3.8) is 0 Å². The van der Waals surface area contributed by atoms with Crippen LogP contribution in [0, 0.1) is 13.8 Å². The molecule has 4 aromatic rings. The van der Waals surface area contributed by atoms with E-state index < -0.39 is 0 Å². The molecule has 210 valence electrons. The molecule has 0 aliphatic carbocycles. The summed E-state index contributed by atoms with van der Waals surface area (Å²) in [7, 11) is 1.40. The molecule has 4 heterocycles. The van der Waals surface area contributed by atoms with E-state index >= 15 is 0 Å². The molecule has 2 aliphatic heterocycles. The molecule has 2 aliphatic rings. The highest BCUT2D eigenvalue weighted by Crippen LogP contribution is 2.44. The second-order valence-electron chi connectivity index (χ2n) is 10.3. The minimum Gasteiger partial charge on any atom is -0.465 e. The molecule has 0 spiro atoms. The van der Waals surface area contributed by atoms with E-state index in [0.29, 0.717) is 10.7 Å². The Kier molecular flexibility index (Phi) is 7.47. The number of methoxy groups -OCH3 is 1. The van der Waals surface area contributed by atoms with Gasteiger partial charge in [0.2, 0.25) is 0 Å². The van der Waals surface area contributed by atoms with E-state index in [-0.39, 0.29) is 18.1 Å². The Labute approximate surface area is 245 Å². The van der Waals surface area contributed by atoms with E-state index in [1.807, 2.05) is 42.6 Å². The maximum Gasteiger partial charge on any atom is 0.337 e. The Morgan fingerprint density at radius 3 is 2.44 bits per heavy atom. The van der Waals surface area contributed by atoms with Crippen LogP contribution in [0.1, 0.15) is 45.1 Å². The van der Waals surface area contributed by atoms with Gasteiger partial charge in [-0.1, -0.05) is 12.1 Å². The van der Waals surface area contributed by atoms with Crippen LogP contribution in [0.3, 0.4) is 0 Å².